The quantitative estimate of drug-likeness (QED) is 0.409. The van der Waals surface area contributed by atoms with E-state index >= 15 is 0 Å². The Balaban J connectivity index is 2.26. The van der Waals surface area contributed by atoms with Gasteiger partial charge in [0.15, 0.2) is 0 Å². The largest absolute Gasteiger partial charge is 0.411 e. The molecule has 0 unspecified atom stereocenters. The molecule has 0 saturated heterocycles. The monoisotopic (exact) mass is 162 g/mol. The standard InChI is InChI=1S/C9H10N2O/c12-11-6-7-3-4-10-9(5-7)8-1-2-8/h3-6,8,12H,1-2H2/b11-6-. The van der Waals surface area contributed by atoms with Crippen LogP contribution in [0.3, 0.4) is 0 Å². The molecule has 1 aliphatic rings. The molecule has 1 aromatic rings. The van der Waals surface area contributed by atoms with Crippen molar-refractivity contribution in [2.24, 2.45) is 5.16 Å². The van der Waals surface area contributed by atoms with Crippen LogP contribution in [0.15, 0.2) is 23.5 Å². The first-order valence-electron chi connectivity index (χ1n) is 4.03. The molecule has 0 radical (unpaired) electrons. The van der Waals surface area contributed by atoms with Crippen LogP contribution in [0.4, 0.5) is 0 Å². The maximum atomic E-state index is 8.31. The molecule has 0 amide bonds. The summed E-state index contributed by atoms with van der Waals surface area (Å²) in [6.07, 6.45) is 5.66. The summed E-state index contributed by atoms with van der Waals surface area (Å²) in [5.41, 5.74) is 2.03. The normalized spacial score (nSPS) is 17.0. The summed E-state index contributed by atoms with van der Waals surface area (Å²) in [4.78, 5) is 4.24. The van der Waals surface area contributed by atoms with E-state index in [1.54, 1.807) is 6.20 Å². The molecule has 1 heterocycles. The molecule has 0 spiro atoms. The SMILES string of the molecule is O/N=C\c1ccnc(C2CC2)c1. The minimum atomic E-state index is 0.650. The zero-order valence-corrected chi connectivity index (χ0v) is 6.64. The fraction of sp³-hybridized carbons (Fsp3) is 0.333. The van der Waals surface area contributed by atoms with Crippen LogP contribution >= 0.6 is 0 Å². The van der Waals surface area contributed by atoms with Gasteiger partial charge >= 0.3 is 0 Å². The van der Waals surface area contributed by atoms with Gasteiger partial charge in [0, 0.05) is 17.8 Å². The number of aromatic nitrogens is 1. The second-order valence-corrected chi connectivity index (χ2v) is 3.03. The maximum Gasteiger partial charge on any atom is 0.0735 e. The smallest absolute Gasteiger partial charge is 0.0735 e. The topological polar surface area (TPSA) is 45.5 Å². The van der Waals surface area contributed by atoms with Crippen molar-refractivity contribution in [1.82, 2.24) is 4.98 Å². The van der Waals surface area contributed by atoms with Crippen LogP contribution in [0.1, 0.15) is 30.0 Å². The highest BCUT2D eigenvalue weighted by Crippen LogP contribution is 2.38. The fourth-order valence-electron chi connectivity index (χ4n) is 1.21. The summed E-state index contributed by atoms with van der Waals surface area (Å²) < 4.78 is 0. The van der Waals surface area contributed by atoms with Crippen molar-refractivity contribution in [3.63, 3.8) is 0 Å². The Bertz CT molecular complexity index is 305. The van der Waals surface area contributed by atoms with Crippen molar-refractivity contribution in [2.45, 2.75) is 18.8 Å². The molecule has 1 saturated carbocycles. The van der Waals surface area contributed by atoms with Crippen molar-refractivity contribution in [2.75, 3.05) is 0 Å². The van der Waals surface area contributed by atoms with Crippen molar-refractivity contribution >= 4 is 6.21 Å². The number of hydrogen-bond donors (Lipinski definition) is 1. The molecule has 3 heteroatoms. The average Bonchev–Trinajstić information content (AvgIpc) is 2.88. The van der Waals surface area contributed by atoms with Crippen LogP contribution in [0.5, 0.6) is 0 Å². The molecule has 12 heavy (non-hydrogen) atoms. The van der Waals surface area contributed by atoms with Gasteiger partial charge < -0.3 is 5.21 Å². The van der Waals surface area contributed by atoms with Gasteiger partial charge in [-0.2, -0.15) is 0 Å². The molecule has 1 aromatic heterocycles. The molecule has 1 fully saturated rings. The van der Waals surface area contributed by atoms with Gasteiger partial charge in [0.25, 0.3) is 0 Å². The molecular formula is C9H10N2O. The third-order valence-electron chi connectivity index (χ3n) is 2.01. The van der Waals surface area contributed by atoms with Crippen molar-refractivity contribution in [1.29, 1.82) is 0 Å². The summed E-state index contributed by atoms with van der Waals surface area (Å²) in [7, 11) is 0. The van der Waals surface area contributed by atoms with Crippen molar-refractivity contribution < 1.29 is 5.21 Å². The Labute approximate surface area is 70.7 Å². The van der Waals surface area contributed by atoms with Gasteiger partial charge in [-0.3, -0.25) is 4.98 Å². The van der Waals surface area contributed by atoms with E-state index in [0.29, 0.717) is 5.92 Å². The van der Waals surface area contributed by atoms with E-state index in [0.717, 1.165) is 11.3 Å². The van der Waals surface area contributed by atoms with Gasteiger partial charge in [0.2, 0.25) is 0 Å². The third-order valence-corrected chi connectivity index (χ3v) is 2.01. The number of hydrogen-bond acceptors (Lipinski definition) is 3. The van der Waals surface area contributed by atoms with Crippen LogP contribution in [0, 0.1) is 0 Å². The lowest BCUT2D eigenvalue weighted by atomic mass is 10.2. The Hall–Kier alpha value is -1.38. The van der Waals surface area contributed by atoms with Crippen LogP contribution in [0.2, 0.25) is 0 Å². The Morgan fingerprint density at radius 2 is 2.42 bits per heavy atom. The molecule has 2 rings (SSSR count). The molecule has 0 bridgehead atoms. The summed E-state index contributed by atoms with van der Waals surface area (Å²) in [6.45, 7) is 0. The van der Waals surface area contributed by atoms with Gasteiger partial charge in [-0.15, -0.1) is 0 Å². The molecule has 0 aromatic carbocycles. The van der Waals surface area contributed by atoms with E-state index in [4.69, 9.17) is 5.21 Å². The second-order valence-electron chi connectivity index (χ2n) is 3.03. The third kappa shape index (κ3) is 1.44. The number of oxime groups is 1. The first-order valence-corrected chi connectivity index (χ1v) is 4.03. The van der Waals surface area contributed by atoms with E-state index < -0.39 is 0 Å². The number of nitrogens with zero attached hydrogens (tertiary/aromatic N) is 2. The molecule has 3 nitrogen and oxygen atoms in total. The zero-order valence-electron chi connectivity index (χ0n) is 6.64. The van der Waals surface area contributed by atoms with Crippen LogP contribution in [-0.2, 0) is 0 Å². The van der Waals surface area contributed by atoms with E-state index in [-0.39, 0.29) is 0 Å². The molecule has 0 atom stereocenters. The van der Waals surface area contributed by atoms with Gasteiger partial charge in [-0.1, -0.05) is 5.16 Å². The van der Waals surface area contributed by atoms with Crippen molar-refractivity contribution in [3.8, 4) is 0 Å². The summed E-state index contributed by atoms with van der Waals surface area (Å²) >= 11 is 0. The molecule has 1 N–H and O–H groups in total. The highest BCUT2D eigenvalue weighted by Gasteiger charge is 2.24. The van der Waals surface area contributed by atoms with Gasteiger partial charge in [-0.25, -0.2) is 0 Å². The number of pyridine rings is 1. The predicted molar refractivity (Wildman–Crippen MR) is 45.6 cm³/mol. The van der Waals surface area contributed by atoms with Crippen LogP contribution in [0.25, 0.3) is 0 Å². The first kappa shape index (κ1) is 7.28. The predicted octanol–water partition coefficient (Wildman–Crippen LogP) is 1.77. The Morgan fingerprint density at radius 3 is 3.08 bits per heavy atom. The highest BCUT2D eigenvalue weighted by atomic mass is 16.4. The van der Waals surface area contributed by atoms with E-state index in [9.17, 15) is 0 Å². The molecule has 0 aliphatic heterocycles. The lowest BCUT2D eigenvalue weighted by Crippen LogP contribution is -1.88. The van der Waals surface area contributed by atoms with Crippen LogP contribution in [-0.4, -0.2) is 16.4 Å². The van der Waals surface area contributed by atoms with E-state index in [1.165, 1.54) is 19.1 Å². The molecule has 62 valence electrons. The second kappa shape index (κ2) is 2.93. The van der Waals surface area contributed by atoms with E-state index in [1.807, 2.05) is 12.1 Å². The summed E-state index contributed by atoms with van der Waals surface area (Å²) in [6, 6.07) is 3.79. The Kier molecular flexibility index (Phi) is 1.78. The summed E-state index contributed by atoms with van der Waals surface area (Å²) in [5.74, 6) is 0.650. The fourth-order valence-corrected chi connectivity index (χ4v) is 1.21. The summed E-state index contributed by atoms with van der Waals surface area (Å²) in [5, 5.41) is 11.3. The minimum absolute atomic E-state index is 0.650. The number of rotatable bonds is 2. The highest BCUT2D eigenvalue weighted by molar-refractivity contribution is 5.78. The van der Waals surface area contributed by atoms with Crippen molar-refractivity contribution in [3.05, 3.63) is 29.6 Å². The first-order chi connectivity index (χ1) is 5.90. The lowest BCUT2D eigenvalue weighted by molar-refractivity contribution is 0.322. The molecular weight excluding hydrogens is 152 g/mol. The lowest BCUT2D eigenvalue weighted by Gasteiger charge is -1.96. The van der Waals surface area contributed by atoms with E-state index in [2.05, 4.69) is 10.1 Å². The minimum Gasteiger partial charge on any atom is -0.411 e. The maximum absolute atomic E-state index is 8.31. The van der Waals surface area contributed by atoms with Gasteiger partial charge in [-0.05, 0) is 30.5 Å². The van der Waals surface area contributed by atoms with Gasteiger partial charge in [0.1, 0.15) is 0 Å². The average molecular weight is 162 g/mol. The molecule has 1 aliphatic carbocycles. The van der Waals surface area contributed by atoms with Crippen LogP contribution < -0.4 is 0 Å². The Morgan fingerprint density at radius 1 is 1.58 bits per heavy atom. The van der Waals surface area contributed by atoms with Gasteiger partial charge in [0.05, 0.1) is 6.21 Å². The zero-order chi connectivity index (χ0) is 8.39.